The Hall–Kier alpha value is -0.930. The molecule has 1 aliphatic heterocycles. The van der Waals surface area contributed by atoms with Crippen molar-refractivity contribution in [1.29, 1.82) is 0 Å². The minimum Gasteiger partial charge on any atom is -0.311 e. The summed E-state index contributed by atoms with van der Waals surface area (Å²) in [5.41, 5.74) is 1.16. The van der Waals surface area contributed by atoms with Gasteiger partial charge in [-0.2, -0.15) is 0 Å². The van der Waals surface area contributed by atoms with Gasteiger partial charge in [-0.05, 0) is 19.4 Å². The van der Waals surface area contributed by atoms with Crippen LogP contribution in [0.4, 0.5) is 4.39 Å². The third-order valence-corrected chi connectivity index (χ3v) is 3.74. The maximum Gasteiger partial charge on any atom is 0.102 e. The number of rotatable bonds is 3. The maximum atomic E-state index is 12.7. The Morgan fingerprint density at radius 1 is 1.41 bits per heavy atom. The zero-order valence-electron chi connectivity index (χ0n) is 10.6. The fraction of sp³-hybridized carbons (Fsp3) is 0.571. The van der Waals surface area contributed by atoms with Crippen LogP contribution in [0.1, 0.15) is 19.4 Å². The van der Waals surface area contributed by atoms with Crippen molar-refractivity contribution < 1.29 is 4.39 Å². The molecule has 1 aliphatic rings. The highest BCUT2D eigenvalue weighted by Gasteiger charge is 2.37. The van der Waals surface area contributed by atoms with Gasteiger partial charge in [0.2, 0.25) is 0 Å². The first-order valence-corrected chi connectivity index (χ1v) is 6.27. The van der Waals surface area contributed by atoms with E-state index in [0.29, 0.717) is 12.6 Å². The molecular weight excluding hydrogens is 215 g/mol. The molecule has 0 saturated carbocycles. The third kappa shape index (κ3) is 2.50. The van der Waals surface area contributed by atoms with Crippen LogP contribution < -0.4 is 5.32 Å². The molecule has 1 heterocycles. The van der Waals surface area contributed by atoms with Crippen LogP contribution in [0.25, 0.3) is 0 Å². The predicted molar refractivity (Wildman–Crippen MR) is 68.8 cm³/mol. The van der Waals surface area contributed by atoms with Gasteiger partial charge in [0.05, 0.1) is 5.54 Å². The Balaban J connectivity index is 2.26. The lowest BCUT2D eigenvalue weighted by atomic mass is 9.87. The van der Waals surface area contributed by atoms with Gasteiger partial charge in [-0.15, -0.1) is 0 Å². The van der Waals surface area contributed by atoms with E-state index < -0.39 is 0 Å². The Bertz CT molecular complexity index is 354. The number of alkyl halides is 1. The molecule has 0 amide bonds. The lowest BCUT2D eigenvalue weighted by molar-refractivity contribution is 0.0480. The third-order valence-electron chi connectivity index (χ3n) is 3.74. The standard InChI is InChI=1S/C14H21FN2/c1-12-10-17(9-8-15)14(2,11-16-12)13-6-4-3-5-7-13/h3-7,12,16H,8-11H2,1-2H3. The number of hydrogen-bond acceptors (Lipinski definition) is 2. The lowest BCUT2D eigenvalue weighted by Gasteiger charge is -2.47. The van der Waals surface area contributed by atoms with Crippen molar-refractivity contribution in [2.75, 3.05) is 26.3 Å². The second kappa shape index (κ2) is 5.15. The van der Waals surface area contributed by atoms with Crippen LogP contribution in [0.15, 0.2) is 30.3 Å². The van der Waals surface area contributed by atoms with E-state index in [4.69, 9.17) is 0 Å². The van der Waals surface area contributed by atoms with Crippen molar-refractivity contribution in [3.63, 3.8) is 0 Å². The lowest BCUT2D eigenvalue weighted by Crippen LogP contribution is -2.61. The van der Waals surface area contributed by atoms with Crippen LogP contribution in [0.3, 0.4) is 0 Å². The van der Waals surface area contributed by atoms with Gasteiger partial charge < -0.3 is 5.32 Å². The highest BCUT2D eigenvalue weighted by Crippen LogP contribution is 2.30. The highest BCUT2D eigenvalue weighted by molar-refractivity contribution is 5.25. The van der Waals surface area contributed by atoms with Gasteiger partial charge in [-0.3, -0.25) is 4.90 Å². The Labute approximate surface area is 103 Å². The van der Waals surface area contributed by atoms with Crippen molar-refractivity contribution in [2.24, 2.45) is 0 Å². The number of benzene rings is 1. The second-order valence-electron chi connectivity index (χ2n) is 5.06. The molecule has 1 saturated heterocycles. The number of nitrogens with zero attached hydrogens (tertiary/aromatic N) is 1. The first kappa shape index (κ1) is 12.5. The van der Waals surface area contributed by atoms with Gasteiger partial charge in [0.25, 0.3) is 0 Å². The molecular formula is C14H21FN2. The number of nitrogens with one attached hydrogen (secondary N) is 1. The Morgan fingerprint density at radius 3 is 2.76 bits per heavy atom. The van der Waals surface area contributed by atoms with E-state index in [1.165, 1.54) is 5.56 Å². The molecule has 2 atom stereocenters. The van der Waals surface area contributed by atoms with Crippen molar-refractivity contribution >= 4 is 0 Å². The van der Waals surface area contributed by atoms with Gasteiger partial charge in [-0.25, -0.2) is 4.39 Å². The predicted octanol–water partition coefficient (Wildman–Crippen LogP) is 2.17. The van der Waals surface area contributed by atoms with Crippen LogP contribution in [-0.2, 0) is 5.54 Å². The molecule has 3 heteroatoms. The minimum atomic E-state index is -0.283. The van der Waals surface area contributed by atoms with Crippen LogP contribution in [-0.4, -0.2) is 37.3 Å². The normalized spacial score (nSPS) is 30.4. The van der Waals surface area contributed by atoms with Gasteiger partial charge >= 0.3 is 0 Å². The maximum absolute atomic E-state index is 12.7. The minimum absolute atomic E-state index is 0.0974. The van der Waals surface area contributed by atoms with E-state index >= 15 is 0 Å². The molecule has 94 valence electrons. The second-order valence-corrected chi connectivity index (χ2v) is 5.06. The van der Waals surface area contributed by atoms with E-state index in [-0.39, 0.29) is 12.2 Å². The summed E-state index contributed by atoms with van der Waals surface area (Å²) in [6.45, 7) is 6.34. The van der Waals surface area contributed by atoms with E-state index in [1.807, 2.05) is 18.2 Å². The highest BCUT2D eigenvalue weighted by atomic mass is 19.1. The molecule has 0 spiro atoms. The molecule has 1 fully saturated rings. The van der Waals surface area contributed by atoms with Crippen molar-refractivity contribution in [3.8, 4) is 0 Å². The van der Waals surface area contributed by atoms with Gasteiger partial charge in [0.1, 0.15) is 6.67 Å². The molecule has 2 nitrogen and oxygen atoms in total. The summed E-state index contributed by atoms with van der Waals surface area (Å²) >= 11 is 0. The number of piperazine rings is 1. The smallest absolute Gasteiger partial charge is 0.102 e. The summed E-state index contributed by atoms with van der Waals surface area (Å²) in [7, 11) is 0. The summed E-state index contributed by atoms with van der Waals surface area (Å²) < 4.78 is 12.7. The first-order valence-electron chi connectivity index (χ1n) is 6.27. The fourth-order valence-corrected chi connectivity index (χ4v) is 2.60. The topological polar surface area (TPSA) is 15.3 Å². The molecule has 2 unspecified atom stereocenters. The van der Waals surface area contributed by atoms with Crippen molar-refractivity contribution in [2.45, 2.75) is 25.4 Å². The number of hydrogen-bond donors (Lipinski definition) is 1. The monoisotopic (exact) mass is 236 g/mol. The van der Waals surface area contributed by atoms with E-state index in [2.05, 4.69) is 36.2 Å². The fourth-order valence-electron chi connectivity index (χ4n) is 2.60. The summed E-state index contributed by atoms with van der Waals surface area (Å²) in [5, 5.41) is 3.50. The molecule has 0 aromatic heterocycles. The SMILES string of the molecule is CC1CN(CCF)C(C)(c2ccccc2)CN1. The zero-order chi connectivity index (χ0) is 12.3. The Kier molecular flexibility index (Phi) is 3.79. The van der Waals surface area contributed by atoms with E-state index in [9.17, 15) is 4.39 Å². The average Bonchev–Trinajstić information content (AvgIpc) is 2.35. The van der Waals surface area contributed by atoms with Crippen LogP contribution in [0, 0.1) is 0 Å². The van der Waals surface area contributed by atoms with Crippen molar-refractivity contribution in [3.05, 3.63) is 35.9 Å². The summed E-state index contributed by atoms with van der Waals surface area (Å²) in [6, 6.07) is 10.8. The molecule has 2 rings (SSSR count). The first-order chi connectivity index (χ1) is 8.16. The molecule has 0 radical (unpaired) electrons. The summed E-state index contributed by atoms with van der Waals surface area (Å²) in [6.07, 6.45) is 0. The van der Waals surface area contributed by atoms with Gasteiger partial charge in [0, 0.05) is 25.7 Å². The van der Waals surface area contributed by atoms with Crippen molar-refractivity contribution in [1.82, 2.24) is 10.2 Å². The van der Waals surface area contributed by atoms with Crippen LogP contribution in [0.2, 0.25) is 0 Å². The zero-order valence-corrected chi connectivity index (χ0v) is 10.6. The Morgan fingerprint density at radius 2 is 2.12 bits per heavy atom. The molecule has 1 N–H and O–H groups in total. The quantitative estimate of drug-likeness (QED) is 0.865. The van der Waals surface area contributed by atoms with E-state index in [0.717, 1.165) is 13.1 Å². The van der Waals surface area contributed by atoms with Crippen LogP contribution >= 0.6 is 0 Å². The summed E-state index contributed by atoms with van der Waals surface area (Å²) in [4.78, 5) is 2.25. The largest absolute Gasteiger partial charge is 0.311 e. The molecule has 0 aliphatic carbocycles. The molecule has 1 aromatic carbocycles. The molecule has 17 heavy (non-hydrogen) atoms. The van der Waals surface area contributed by atoms with Crippen LogP contribution in [0.5, 0.6) is 0 Å². The molecule has 0 bridgehead atoms. The summed E-state index contributed by atoms with van der Waals surface area (Å²) in [5.74, 6) is 0. The van der Waals surface area contributed by atoms with E-state index in [1.54, 1.807) is 0 Å². The average molecular weight is 236 g/mol. The number of halogens is 1. The molecule has 1 aromatic rings. The van der Waals surface area contributed by atoms with Gasteiger partial charge in [0.15, 0.2) is 0 Å². The van der Waals surface area contributed by atoms with Gasteiger partial charge in [-0.1, -0.05) is 30.3 Å².